The number of aliphatic hydroxyl groups excluding tert-OH is 2. The lowest BCUT2D eigenvalue weighted by Gasteiger charge is -2.26. The largest absolute Gasteiger partial charge is 0.391 e. The summed E-state index contributed by atoms with van der Waals surface area (Å²) >= 11 is 0. The SMILES string of the molecule is CC(C)[C@@H](NC(=O)[C@@H](N)Cc1ccccc1)C(=O)NC[C@H](O)CP(=O)(O)CC1CCCCC1.CC(C)[C@H](NC(=O)[C@@H](N)Cc1ccccc1)C(=O)NC[C@H](O)CP(=O)(O)CC1CCCCC1. The number of aliphatic hydroxyl groups is 2. The average molecular weight is 963 g/mol. The maximum absolute atomic E-state index is 12.7. The van der Waals surface area contributed by atoms with E-state index in [4.69, 9.17) is 11.5 Å². The molecule has 2 fully saturated rings. The molecule has 4 rings (SSSR count). The number of amides is 4. The maximum atomic E-state index is 12.7. The Morgan fingerprint density at radius 1 is 0.561 bits per heavy atom. The van der Waals surface area contributed by atoms with E-state index < -0.39 is 74.7 Å². The minimum Gasteiger partial charge on any atom is -0.391 e. The topological polar surface area (TPSA) is 284 Å². The van der Waals surface area contributed by atoms with E-state index in [1.165, 1.54) is 12.8 Å². The smallest absolute Gasteiger partial charge is 0.242 e. The fourth-order valence-electron chi connectivity index (χ4n) is 8.65. The summed E-state index contributed by atoms with van der Waals surface area (Å²) in [5, 5.41) is 31.1. The minimum atomic E-state index is -3.48. The highest BCUT2D eigenvalue weighted by molar-refractivity contribution is 7.58. The fraction of sp³-hybridized carbons (Fsp3) is 0.667. The molecular weight excluding hydrogens is 883 g/mol. The lowest BCUT2D eigenvalue weighted by atomic mass is 9.91. The van der Waals surface area contributed by atoms with Crippen molar-refractivity contribution in [3.63, 3.8) is 0 Å². The Hall–Kier alpha value is -3.46. The molecule has 8 atom stereocenters. The number of hydrogen-bond acceptors (Lipinski definition) is 10. The van der Waals surface area contributed by atoms with Crippen molar-refractivity contribution in [3.8, 4) is 0 Å². The molecule has 0 heterocycles. The van der Waals surface area contributed by atoms with E-state index in [1.807, 2.05) is 60.7 Å². The zero-order valence-electron chi connectivity index (χ0n) is 39.6. The summed E-state index contributed by atoms with van der Waals surface area (Å²) in [5.74, 6) is -1.71. The van der Waals surface area contributed by atoms with Gasteiger partial charge in [-0.1, -0.05) is 127 Å². The zero-order valence-corrected chi connectivity index (χ0v) is 41.4. The minimum absolute atomic E-state index is 0.150. The molecule has 12 N–H and O–H groups in total. The van der Waals surface area contributed by atoms with Crippen LogP contribution in [0.3, 0.4) is 0 Å². The van der Waals surface area contributed by atoms with Gasteiger partial charge >= 0.3 is 0 Å². The molecule has 2 aromatic carbocycles. The fourth-order valence-corrected chi connectivity index (χ4v) is 12.9. The summed E-state index contributed by atoms with van der Waals surface area (Å²) in [6.07, 6.45) is 8.92. The highest BCUT2D eigenvalue weighted by Crippen LogP contribution is 2.47. The molecular formula is C48H80N6O10P2. The summed E-state index contributed by atoms with van der Waals surface area (Å²) in [6, 6.07) is 15.5. The van der Waals surface area contributed by atoms with E-state index >= 15 is 0 Å². The second-order valence-corrected chi connectivity index (χ2v) is 24.1. The highest BCUT2D eigenvalue weighted by atomic mass is 31.2. The first-order valence-corrected chi connectivity index (χ1v) is 27.9. The summed E-state index contributed by atoms with van der Waals surface area (Å²) in [6.45, 7) is 6.91. The van der Waals surface area contributed by atoms with Gasteiger partial charge in [-0.3, -0.25) is 28.3 Å². The number of nitrogens with one attached hydrogen (secondary N) is 4. The second kappa shape index (κ2) is 28.8. The van der Waals surface area contributed by atoms with Crippen LogP contribution in [0.5, 0.6) is 0 Å². The molecule has 0 bridgehead atoms. The van der Waals surface area contributed by atoms with Crippen LogP contribution >= 0.6 is 14.7 Å². The molecule has 0 spiro atoms. The Morgan fingerprint density at radius 3 is 1.18 bits per heavy atom. The number of carbonyl (C=O) groups excluding carboxylic acids is 4. The average Bonchev–Trinajstić information content (AvgIpc) is 3.26. The van der Waals surface area contributed by atoms with E-state index in [2.05, 4.69) is 21.3 Å². The second-order valence-electron chi connectivity index (χ2n) is 19.3. The highest BCUT2D eigenvalue weighted by Gasteiger charge is 2.32. The first kappa shape index (κ1) is 56.9. The molecule has 372 valence electrons. The van der Waals surface area contributed by atoms with Crippen molar-refractivity contribution in [3.05, 3.63) is 71.8 Å². The third kappa shape index (κ3) is 22.1. The van der Waals surface area contributed by atoms with Crippen LogP contribution in [0, 0.1) is 23.7 Å². The number of hydrogen-bond donors (Lipinski definition) is 10. The lowest BCUT2D eigenvalue weighted by Crippen LogP contribution is -2.55. The monoisotopic (exact) mass is 963 g/mol. The van der Waals surface area contributed by atoms with Gasteiger partial charge in [-0.15, -0.1) is 0 Å². The Balaban J connectivity index is 0.000000350. The van der Waals surface area contributed by atoms with Gasteiger partial charge in [-0.05, 0) is 73.3 Å². The van der Waals surface area contributed by atoms with Crippen LogP contribution in [0.25, 0.3) is 0 Å². The molecule has 0 aromatic heterocycles. The lowest BCUT2D eigenvalue weighted by molar-refractivity contribution is -0.130. The zero-order chi connectivity index (χ0) is 48.9. The number of nitrogens with two attached hydrogens (primary N) is 2. The van der Waals surface area contributed by atoms with Crippen LogP contribution in [-0.4, -0.2) is 118 Å². The molecule has 66 heavy (non-hydrogen) atoms. The Morgan fingerprint density at radius 2 is 0.879 bits per heavy atom. The van der Waals surface area contributed by atoms with Crippen LogP contribution in [0.15, 0.2) is 60.7 Å². The summed E-state index contributed by atoms with van der Waals surface area (Å²) in [7, 11) is -6.95. The first-order valence-electron chi connectivity index (χ1n) is 23.9. The Bertz CT molecular complexity index is 1730. The van der Waals surface area contributed by atoms with E-state index in [-0.39, 0.29) is 61.4 Å². The van der Waals surface area contributed by atoms with Crippen LogP contribution < -0.4 is 32.7 Å². The van der Waals surface area contributed by atoms with Crippen molar-refractivity contribution < 1.29 is 48.3 Å². The van der Waals surface area contributed by atoms with E-state index in [0.29, 0.717) is 12.8 Å². The van der Waals surface area contributed by atoms with Crippen LogP contribution in [0.2, 0.25) is 0 Å². The quantitative estimate of drug-likeness (QED) is 0.0668. The summed E-state index contributed by atoms with van der Waals surface area (Å²) in [5.41, 5.74) is 13.9. The number of carbonyl (C=O) groups is 4. The van der Waals surface area contributed by atoms with Crippen molar-refractivity contribution in [1.82, 2.24) is 21.3 Å². The van der Waals surface area contributed by atoms with E-state index in [1.54, 1.807) is 27.7 Å². The molecule has 0 saturated heterocycles. The van der Waals surface area contributed by atoms with Crippen LogP contribution in [-0.2, 0) is 41.1 Å². The van der Waals surface area contributed by atoms with Gasteiger partial charge in [0.2, 0.25) is 38.4 Å². The van der Waals surface area contributed by atoms with Crippen molar-refractivity contribution in [1.29, 1.82) is 0 Å². The number of benzene rings is 2. The number of rotatable bonds is 24. The van der Waals surface area contributed by atoms with E-state index in [9.17, 15) is 48.3 Å². The van der Waals surface area contributed by atoms with E-state index in [0.717, 1.165) is 62.5 Å². The molecule has 2 saturated carbocycles. The van der Waals surface area contributed by atoms with Gasteiger partial charge in [0.05, 0.1) is 36.6 Å². The van der Waals surface area contributed by atoms with Gasteiger partial charge in [0.1, 0.15) is 12.1 Å². The van der Waals surface area contributed by atoms with Gasteiger partial charge in [-0.2, -0.15) is 0 Å². The van der Waals surface area contributed by atoms with Crippen LogP contribution in [0.4, 0.5) is 0 Å². The van der Waals surface area contributed by atoms with Crippen molar-refractivity contribution >= 4 is 38.4 Å². The predicted octanol–water partition coefficient (Wildman–Crippen LogP) is 4.05. The van der Waals surface area contributed by atoms with Crippen LogP contribution in [0.1, 0.15) is 103 Å². The molecule has 2 aliphatic rings. The molecule has 0 aliphatic heterocycles. The molecule has 2 unspecified atom stereocenters. The van der Waals surface area contributed by atoms with Crippen molar-refractivity contribution in [2.75, 3.05) is 37.7 Å². The molecule has 2 aliphatic carbocycles. The Labute approximate surface area is 392 Å². The van der Waals surface area contributed by atoms with Gasteiger partial charge < -0.3 is 52.7 Å². The van der Waals surface area contributed by atoms with Crippen molar-refractivity contribution in [2.24, 2.45) is 35.1 Å². The molecule has 18 heteroatoms. The third-order valence-electron chi connectivity index (χ3n) is 12.3. The summed E-state index contributed by atoms with van der Waals surface area (Å²) in [4.78, 5) is 71.1. The molecule has 0 radical (unpaired) electrons. The summed E-state index contributed by atoms with van der Waals surface area (Å²) < 4.78 is 25.1. The Kier molecular flexibility index (Phi) is 24.8. The molecule has 2 aromatic rings. The maximum Gasteiger partial charge on any atom is 0.242 e. The first-order chi connectivity index (χ1) is 31.1. The molecule has 16 nitrogen and oxygen atoms in total. The van der Waals surface area contributed by atoms with Gasteiger partial charge in [0.15, 0.2) is 0 Å². The molecule has 4 amide bonds. The third-order valence-corrected chi connectivity index (χ3v) is 16.5. The predicted molar refractivity (Wildman–Crippen MR) is 260 cm³/mol. The van der Waals surface area contributed by atoms with Gasteiger partial charge in [-0.25, -0.2) is 0 Å². The van der Waals surface area contributed by atoms with Gasteiger partial charge in [0, 0.05) is 25.4 Å². The van der Waals surface area contributed by atoms with Crippen molar-refractivity contribution in [2.45, 2.75) is 141 Å². The standard InChI is InChI=1S/2C24H40N3O5P/c2*1-17(2)22(27-23(29)21(25)13-18-9-5-3-6-10-18)24(30)26-14-20(28)16-33(31,32)15-19-11-7-4-8-12-19/h2*3,5-6,9-10,17,19-22,28H,4,7-8,11-16,25H2,1-2H3,(H,26,30)(H,27,29)(H,31,32)/t20-,21-,22+;20-,21-,22-/m00/s1. The van der Waals surface area contributed by atoms with Gasteiger partial charge in [0.25, 0.3) is 0 Å². The normalized spacial score (nSPS) is 19.3.